The number of amides is 1. The van der Waals surface area contributed by atoms with Crippen LogP contribution in [0.15, 0.2) is 18.2 Å². The van der Waals surface area contributed by atoms with Gasteiger partial charge in [0.15, 0.2) is 11.5 Å². The molecule has 1 fully saturated rings. The van der Waals surface area contributed by atoms with Gasteiger partial charge in [-0.15, -0.1) is 12.4 Å². The Morgan fingerprint density at radius 1 is 1.43 bits per heavy atom. The number of hydrogen-bond donors (Lipinski definition) is 2. The van der Waals surface area contributed by atoms with Crippen LogP contribution in [0.4, 0.5) is 8.78 Å². The Balaban J connectivity index is 0.00000264. The average Bonchev–Trinajstić information content (AvgIpc) is 2.99. The molecule has 8 heteroatoms. The summed E-state index contributed by atoms with van der Waals surface area (Å²) >= 11 is 0. The summed E-state index contributed by atoms with van der Waals surface area (Å²) in [7, 11) is 1.35. The van der Waals surface area contributed by atoms with E-state index in [0.717, 1.165) is 25.9 Å². The molecule has 0 radical (unpaired) electrons. The monoisotopic (exact) mass is 350 g/mol. The van der Waals surface area contributed by atoms with E-state index in [1.165, 1.54) is 25.3 Å². The lowest BCUT2D eigenvalue weighted by Gasteiger charge is -2.12. The van der Waals surface area contributed by atoms with Crippen LogP contribution in [0.3, 0.4) is 0 Å². The molecule has 2 N–H and O–H groups in total. The van der Waals surface area contributed by atoms with Crippen molar-refractivity contribution >= 4 is 18.3 Å². The number of ether oxygens (including phenoxy) is 2. The average molecular weight is 351 g/mol. The van der Waals surface area contributed by atoms with Crippen molar-refractivity contribution in [3.05, 3.63) is 23.8 Å². The largest absolute Gasteiger partial charge is 0.493 e. The van der Waals surface area contributed by atoms with Crippen LogP contribution in [0.2, 0.25) is 0 Å². The highest BCUT2D eigenvalue weighted by molar-refractivity contribution is 5.94. The van der Waals surface area contributed by atoms with E-state index in [1.807, 2.05) is 0 Å². The topological polar surface area (TPSA) is 59.6 Å². The van der Waals surface area contributed by atoms with Gasteiger partial charge in [0.2, 0.25) is 0 Å². The zero-order chi connectivity index (χ0) is 15.9. The van der Waals surface area contributed by atoms with Gasteiger partial charge in [-0.25, -0.2) is 0 Å². The zero-order valence-electron chi connectivity index (χ0n) is 12.8. The van der Waals surface area contributed by atoms with Crippen LogP contribution in [-0.4, -0.2) is 39.3 Å². The van der Waals surface area contributed by atoms with Crippen molar-refractivity contribution in [1.29, 1.82) is 0 Å². The number of benzene rings is 1. The lowest BCUT2D eigenvalue weighted by Crippen LogP contribution is -2.26. The van der Waals surface area contributed by atoms with Gasteiger partial charge in [0.05, 0.1) is 7.11 Å². The van der Waals surface area contributed by atoms with Crippen LogP contribution in [0.25, 0.3) is 0 Å². The third-order valence-electron chi connectivity index (χ3n) is 3.64. The van der Waals surface area contributed by atoms with E-state index in [2.05, 4.69) is 15.4 Å². The van der Waals surface area contributed by atoms with Crippen LogP contribution in [-0.2, 0) is 0 Å². The normalized spacial score (nSPS) is 16.8. The molecule has 130 valence electrons. The Labute approximate surface area is 140 Å². The molecule has 0 saturated carbocycles. The molecule has 1 heterocycles. The van der Waals surface area contributed by atoms with Gasteiger partial charge < -0.3 is 20.1 Å². The third kappa shape index (κ3) is 5.84. The van der Waals surface area contributed by atoms with Gasteiger partial charge >= 0.3 is 6.61 Å². The van der Waals surface area contributed by atoms with Crippen molar-refractivity contribution in [1.82, 2.24) is 10.6 Å². The number of halogens is 3. The molecule has 1 aromatic rings. The van der Waals surface area contributed by atoms with E-state index < -0.39 is 6.61 Å². The maximum absolute atomic E-state index is 12.4. The molecule has 0 spiro atoms. The molecule has 1 unspecified atom stereocenters. The number of nitrogens with one attached hydrogen (secondary N) is 2. The molecule has 1 atom stereocenters. The summed E-state index contributed by atoms with van der Waals surface area (Å²) in [6.07, 6.45) is 2.01. The van der Waals surface area contributed by atoms with E-state index in [0.29, 0.717) is 12.5 Å². The van der Waals surface area contributed by atoms with Gasteiger partial charge in [-0.2, -0.15) is 8.78 Å². The Morgan fingerprint density at radius 2 is 2.22 bits per heavy atom. The van der Waals surface area contributed by atoms with Gasteiger partial charge in [0, 0.05) is 12.1 Å². The molecule has 1 aliphatic heterocycles. The SMILES string of the molecule is COc1ccc(C(=O)NCCC2CCNC2)cc1OC(F)F.Cl. The van der Waals surface area contributed by atoms with E-state index in [-0.39, 0.29) is 35.4 Å². The highest BCUT2D eigenvalue weighted by Gasteiger charge is 2.16. The molecule has 0 aliphatic carbocycles. The highest BCUT2D eigenvalue weighted by Crippen LogP contribution is 2.29. The minimum Gasteiger partial charge on any atom is -0.493 e. The fraction of sp³-hybridized carbons (Fsp3) is 0.533. The molecule has 1 aromatic carbocycles. The van der Waals surface area contributed by atoms with Crippen LogP contribution < -0.4 is 20.1 Å². The first kappa shape index (κ1) is 19.4. The molecule has 23 heavy (non-hydrogen) atoms. The van der Waals surface area contributed by atoms with Crippen LogP contribution in [0.1, 0.15) is 23.2 Å². The van der Waals surface area contributed by atoms with Crippen molar-refractivity contribution in [2.75, 3.05) is 26.7 Å². The first-order valence-corrected chi connectivity index (χ1v) is 7.22. The van der Waals surface area contributed by atoms with E-state index in [9.17, 15) is 13.6 Å². The van der Waals surface area contributed by atoms with Gasteiger partial charge in [0.1, 0.15) is 0 Å². The van der Waals surface area contributed by atoms with Crippen molar-refractivity contribution in [3.63, 3.8) is 0 Å². The van der Waals surface area contributed by atoms with Crippen molar-refractivity contribution < 1.29 is 23.0 Å². The predicted molar refractivity (Wildman–Crippen MR) is 84.8 cm³/mol. The number of carbonyl (C=O) groups excluding carboxylic acids is 1. The second-order valence-electron chi connectivity index (χ2n) is 5.15. The highest BCUT2D eigenvalue weighted by atomic mass is 35.5. The van der Waals surface area contributed by atoms with Crippen molar-refractivity contribution in [3.8, 4) is 11.5 Å². The van der Waals surface area contributed by atoms with Gasteiger partial charge in [-0.1, -0.05) is 0 Å². The van der Waals surface area contributed by atoms with E-state index >= 15 is 0 Å². The second kappa shape index (κ2) is 9.52. The first-order chi connectivity index (χ1) is 10.6. The fourth-order valence-electron chi connectivity index (χ4n) is 2.46. The molecule has 5 nitrogen and oxygen atoms in total. The summed E-state index contributed by atoms with van der Waals surface area (Å²) in [6.45, 7) is -0.416. The van der Waals surface area contributed by atoms with Gasteiger partial charge in [-0.3, -0.25) is 4.79 Å². The first-order valence-electron chi connectivity index (χ1n) is 7.22. The number of alkyl halides is 2. The van der Waals surface area contributed by atoms with Crippen molar-refractivity contribution in [2.24, 2.45) is 5.92 Å². The molecule has 0 bridgehead atoms. The number of carbonyl (C=O) groups is 1. The summed E-state index contributed by atoms with van der Waals surface area (Å²) in [5.74, 6) is 0.278. The number of hydrogen-bond acceptors (Lipinski definition) is 4. The molecule has 1 aliphatic rings. The van der Waals surface area contributed by atoms with Crippen LogP contribution >= 0.6 is 12.4 Å². The molecule has 1 saturated heterocycles. The summed E-state index contributed by atoms with van der Waals surface area (Å²) in [4.78, 5) is 12.0. The quantitative estimate of drug-likeness (QED) is 0.793. The number of rotatable bonds is 7. The summed E-state index contributed by atoms with van der Waals surface area (Å²) < 4.78 is 34.0. The van der Waals surface area contributed by atoms with E-state index in [1.54, 1.807) is 0 Å². The minimum atomic E-state index is -2.97. The standard InChI is InChI=1S/C15H20F2N2O3.ClH/c1-21-12-3-2-11(8-13(12)22-15(16)17)14(20)19-7-5-10-4-6-18-9-10;/h2-3,8,10,15,18H,4-7,9H2,1H3,(H,19,20);1H. The summed E-state index contributed by atoms with van der Waals surface area (Å²) in [5.41, 5.74) is 0.265. The third-order valence-corrected chi connectivity index (χ3v) is 3.64. The number of methoxy groups -OCH3 is 1. The van der Waals surface area contributed by atoms with E-state index in [4.69, 9.17) is 4.74 Å². The second-order valence-corrected chi connectivity index (χ2v) is 5.15. The smallest absolute Gasteiger partial charge is 0.387 e. The lowest BCUT2D eigenvalue weighted by atomic mass is 10.1. The fourth-order valence-corrected chi connectivity index (χ4v) is 2.46. The maximum atomic E-state index is 12.4. The van der Waals surface area contributed by atoms with Crippen LogP contribution in [0.5, 0.6) is 11.5 Å². The Hall–Kier alpha value is -1.60. The van der Waals surface area contributed by atoms with Gasteiger partial charge in [-0.05, 0) is 50.0 Å². The van der Waals surface area contributed by atoms with Crippen molar-refractivity contribution in [2.45, 2.75) is 19.5 Å². The Bertz CT molecular complexity index is 511. The molecule has 2 rings (SSSR count). The predicted octanol–water partition coefficient (Wildman–Crippen LogP) is 2.45. The Kier molecular flexibility index (Phi) is 8.05. The lowest BCUT2D eigenvalue weighted by molar-refractivity contribution is -0.0512. The van der Waals surface area contributed by atoms with Crippen LogP contribution in [0, 0.1) is 5.92 Å². The summed E-state index contributed by atoms with van der Waals surface area (Å²) in [5, 5.41) is 6.06. The summed E-state index contributed by atoms with van der Waals surface area (Å²) in [6, 6.07) is 4.22. The maximum Gasteiger partial charge on any atom is 0.387 e. The minimum absolute atomic E-state index is 0. The molecular weight excluding hydrogens is 330 g/mol. The Morgan fingerprint density at radius 3 is 2.83 bits per heavy atom. The van der Waals surface area contributed by atoms with Gasteiger partial charge in [0.25, 0.3) is 5.91 Å². The molecule has 0 aromatic heterocycles. The molecular formula is C15H21ClF2N2O3. The zero-order valence-corrected chi connectivity index (χ0v) is 13.6. The molecule has 1 amide bonds.